The van der Waals surface area contributed by atoms with Crippen LogP contribution < -0.4 is 0 Å². The zero-order chi connectivity index (χ0) is 12.9. The lowest BCUT2D eigenvalue weighted by Crippen LogP contribution is -2.37. The van der Waals surface area contributed by atoms with Gasteiger partial charge in [0.05, 0.1) is 23.9 Å². The molecule has 0 radical (unpaired) electrons. The number of pyridine rings is 1. The Bertz CT molecular complexity index is 716. The third kappa shape index (κ3) is 1.94. The molecule has 0 N–H and O–H groups in total. The molecule has 0 aromatic carbocycles. The van der Waals surface area contributed by atoms with Crippen molar-refractivity contribution in [2.75, 3.05) is 11.5 Å². The first kappa shape index (κ1) is 12.4. The van der Waals surface area contributed by atoms with Crippen LogP contribution in [-0.2, 0) is 15.2 Å². The molecule has 1 aliphatic heterocycles. The van der Waals surface area contributed by atoms with Crippen LogP contribution in [0.3, 0.4) is 0 Å². The van der Waals surface area contributed by atoms with Crippen LogP contribution >= 0.6 is 27.5 Å². The molecule has 3 heterocycles. The summed E-state index contributed by atoms with van der Waals surface area (Å²) >= 11 is 9.34. The second-order valence-electron chi connectivity index (χ2n) is 4.29. The van der Waals surface area contributed by atoms with Crippen LogP contribution in [0.25, 0.3) is 11.2 Å². The molecule has 3 rings (SSSR count). The number of fused-ring (bicyclic) bond motifs is 1. The number of hydrogen-bond donors (Lipinski definition) is 0. The van der Waals surface area contributed by atoms with Crippen LogP contribution in [0, 0.1) is 0 Å². The van der Waals surface area contributed by atoms with Crippen LogP contribution in [0.4, 0.5) is 0 Å². The maximum absolute atomic E-state index is 11.2. The largest absolute Gasteiger partial charge is 0.310 e. The monoisotopic (exact) mass is 349 g/mol. The van der Waals surface area contributed by atoms with E-state index in [9.17, 15) is 8.42 Å². The van der Waals surface area contributed by atoms with Gasteiger partial charge in [0.25, 0.3) is 0 Å². The first-order chi connectivity index (χ1) is 8.50. The number of rotatable bonds is 2. The highest BCUT2D eigenvalue weighted by Gasteiger charge is 2.35. The van der Waals surface area contributed by atoms with Crippen molar-refractivity contribution < 1.29 is 8.42 Å². The smallest absolute Gasteiger partial charge is 0.162 e. The number of aromatic nitrogens is 3. The molecule has 1 aliphatic rings. The fourth-order valence-electron chi connectivity index (χ4n) is 2.10. The molecule has 1 saturated heterocycles. The molecule has 0 saturated carbocycles. The van der Waals surface area contributed by atoms with Gasteiger partial charge in [0.15, 0.2) is 15.5 Å². The minimum Gasteiger partial charge on any atom is -0.310 e. The van der Waals surface area contributed by atoms with Crippen LogP contribution in [0.5, 0.6) is 0 Å². The number of sulfone groups is 1. The van der Waals surface area contributed by atoms with Crippen molar-refractivity contribution in [2.45, 2.75) is 11.4 Å². The molecule has 0 bridgehead atoms. The first-order valence-corrected chi connectivity index (χ1v) is 8.60. The molecule has 0 spiro atoms. The van der Waals surface area contributed by atoms with Crippen molar-refractivity contribution in [2.24, 2.45) is 0 Å². The average molecular weight is 351 g/mol. The summed E-state index contributed by atoms with van der Waals surface area (Å²) < 4.78 is 24.3. The molecule has 5 nitrogen and oxygen atoms in total. The number of imidazole rings is 1. The van der Waals surface area contributed by atoms with Crippen molar-refractivity contribution in [3.63, 3.8) is 0 Å². The van der Waals surface area contributed by atoms with Gasteiger partial charge in [0.2, 0.25) is 0 Å². The van der Waals surface area contributed by atoms with Gasteiger partial charge >= 0.3 is 0 Å². The van der Waals surface area contributed by atoms with E-state index in [1.165, 1.54) is 0 Å². The van der Waals surface area contributed by atoms with E-state index in [0.29, 0.717) is 16.1 Å². The first-order valence-electron chi connectivity index (χ1n) is 5.28. The third-order valence-corrected chi connectivity index (χ3v) is 5.59. The van der Waals surface area contributed by atoms with E-state index >= 15 is 0 Å². The van der Waals surface area contributed by atoms with Gasteiger partial charge in [-0.05, 0) is 11.6 Å². The number of hydrogen-bond acceptors (Lipinski definition) is 4. The Labute approximate surface area is 117 Å². The summed E-state index contributed by atoms with van der Waals surface area (Å²) in [6.45, 7) is 0. The highest BCUT2D eigenvalue weighted by molar-refractivity contribution is 9.08. The van der Waals surface area contributed by atoms with Gasteiger partial charge < -0.3 is 4.57 Å². The molecule has 0 amide bonds. The molecule has 8 heteroatoms. The van der Waals surface area contributed by atoms with Crippen LogP contribution in [0.15, 0.2) is 12.4 Å². The Balaban J connectivity index is 2.12. The lowest BCUT2D eigenvalue weighted by Gasteiger charge is -2.26. The van der Waals surface area contributed by atoms with Crippen LogP contribution in [0.2, 0.25) is 5.15 Å². The van der Waals surface area contributed by atoms with E-state index in [1.54, 1.807) is 17.0 Å². The zero-order valence-electron chi connectivity index (χ0n) is 9.18. The zero-order valence-corrected chi connectivity index (χ0v) is 12.3. The van der Waals surface area contributed by atoms with Crippen molar-refractivity contribution >= 4 is 48.5 Å². The van der Waals surface area contributed by atoms with Crippen molar-refractivity contribution in [1.82, 2.24) is 14.5 Å². The lowest BCUT2D eigenvalue weighted by molar-refractivity contribution is 0.512. The second kappa shape index (κ2) is 4.18. The SMILES string of the molecule is O=S1(=O)CC(n2cnc3c(CBr)cc(Cl)nc32)C1. The molecular formula is C10H9BrClN3O2S. The number of alkyl halides is 1. The van der Waals surface area contributed by atoms with Crippen molar-refractivity contribution in [1.29, 1.82) is 0 Å². The maximum Gasteiger partial charge on any atom is 0.162 e. The van der Waals surface area contributed by atoms with E-state index in [-0.39, 0.29) is 17.5 Å². The van der Waals surface area contributed by atoms with Crippen molar-refractivity contribution in [3.8, 4) is 0 Å². The standard InChI is InChI=1S/C10H9BrClN3O2S/c11-2-6-1-8(12)14-10-9(6)13-5-15(10)7-3-18(16,17)4-7/h1,5,7H,2-4H2. The lowest BCUT2D eigenvalue weighted by atomic mass is 10.2. The summed E-state index contributed by atoms with van der Waals surface area (Å²) in [5.41, 5.74) is 2.36. The van der Waals surface area contributed by atoms with E-state index in [1.807, 2.05) is 0 Å². The summed E-state index contributed by atoms with van der Waals surface area (Å²) in [7, 11) is -2.87. The Morgan fingerprint density at radius 1 is 1.50 bits per heavy atom. The fraction of sp³-hybridized carbons (Fsp3) is 0.400. The minimum absolute atomic E-state index is 0.0749. The summed E-state index contributed by atoms with van der Waals surface area (Å²) in [6.07, 6.45) is 1.64. The van der Waals surface area contributed by atoms with Gasteiger partial charge in [-0.25, -0.2) is 18.4 Å². The molecule has 0 atom stereocenters. The average Bonchev–Trinajstić information content (AvgIpc) is 2.67. The van der Waals surface area contributed by atoms with E-state index in [2.05, 4.69) is 25.9 Å². The summed E-state index contributed by atoms with van der Waals surface area (Å²) in [4.78, 5) is 8.54. The molecule has 96 valence electrons. The van der Waals surface area contributed by atoms with Crippen molar-refractivity contribution in [3.05, 3.63) is 23.1 Å². The van der Waals surface area contributed by atoms with Gasteiger partial charge in [0, 0.05) is 5.33 Å². The molecule has 0 unspecified atom stereocenters. The Hall–Kier alpha value is -0.660. The van der Waals surface area contributed by atoms with Gasteiger partial charge in [-0.2, -0.15) is 0 Å². The minimum atomic E-state index is -2.87. The van der Waals surface area contributed by atoms with Gasteiger partial charge in [0.1, 0.15) is 10.7 Å². The highest BCUT2D eigenvalue weighted by Crippen LogP contribution is 2.29. The number of halogens is 2. The Morgan fingerprint density at radius 3 is 2.83 bits per heavy atom. The predicted octanol–water partition coefficient (Wildman–Crippen LogP) is 1.95. The summed E-state index contributed by atoms with van der Waals surface area (Å²) in [6, 6.07) is 1.68. The quantitative estimate of drug-likeness (QED) is 0.613. The topological polar surface area (TPSA) is 64.8 Å². The second-order valence-corrected chi connectivity index (χ2v) is 7.39. The summed E-state index contributed by atoms with van der Waals surface area (Å²) in [5.74, 6) is 0.298. The molecule has 2 aromatic heterocycles. The van der Waals surface area contributed by atoms with E-state index < -0.39 is 9.84 Å². The molecular weight excluding hydrogens is 342 g/mol. The molecule has 18 heavy (non-hydrogen) atoms. The maximum atomic E-state index is 11.2. The Kier molecular flexibility index (Phi) is 2.87. The Morgan fingerprint density at radius 2 is 2.22 bits per heavy atom. The van der Waals surface area contributed by atoms with Gasteiger partial charge in [-0.1, -0.05) is 27.5 Å². The number of nitrogens with zero attached hydrogens (tertiary/aromatic N) is 3. The third-order valence-electron chi connectivity index (χ3n) is 3.01. The molecule has 2 aromatic rings. The van der Waals surface area contributed by atoms with Crippen LogP contribution in [-0.4, -0.2) is 34.5 Å². The van der Waals surface area contributed by atoms with Gasteiger partial charge in [-0.15, -0.1) is 0 Å². The van der Waals surface area contributed by atoms with E-state index in [0.717, 1.165) is 11.1 Å². The predicted molar refractivity (Wildman–Crippen MR) is 72.9 cm³/mol. The molecule has 0 aliphatic carbocycles. The van der Waals surface area contributed by atoms with E-state index in [4.69, 9.17) is 11.6 Å². The fourth-order valence-corrected chi connectivity index (χ4v) is 4.14. The summed E-state index contributed by atoms with van der Waals surface area (Å²) in [5, 5.41) is 1.02. The van der Waals surface area contributed by atoms with Crippen LogP contribution in [0.1, 0.15) is 11.6 Å². The normalized spacial score (nSPS) is 19.0. The van der Waals surface area contributed by atoms with Gasteiger partial charge in [-0.3, -0.25) is 0 Å². The molecule has 1 fully saturated rings. The highest BCUT2D eigenvalue weighted by atomic mass is 79.9.